The Balaban J connectivity index is 2.42. The number of nitrogen functional groups attached to an aromatic ring is 1. The summed E-state index contributed by atoms with van der Waals surface area (Å²) in [5.41, 5.74) is 6.45. The van der Waals surface area contributed by atoms with Crippen LogP contribution in [0.3, 0.4) is 0 Å². The Morgan fingerprint density at radius 1 is 1.29 bits per heavy atom. The van der Waals surface area contributed by atoms with Crippen LogP contribution in [0.5, 0.6) is 5.75 Å². The largest absolute Gasteiger partial charge is 0.487 e. The average Bonchev–Trinajstić information content (AvgIpc) is 2.30. The Bertz CT molecular complexity index is 321. The Morgan fingerprint density at radius 3 is 2.71 bits per heavy atom. The topological polar surface area (TPSA) is 35.2 Å². The molecule has 0 saturated carbocycles. The first-order valence-electron chi connectivity index (χ1n) is 6.35. The average molecular weight is 256 g/mol. The predicted molar refractivity (Wildman–Crippen MR) is 74.7 cm³/mol. The van der Waals surface area contributed by atoms with Crippen LogP contribution >= 0.6 is 11.6 Å². The van der Waals surface area contributed by atoms with Crippen LogP contribution in [0.1, 0.15) is 46.0 Å². The van der Waals surface area contributed by atoms with Crippen LogP contribution in [0.2, 0.25) is 5.02 Å². The molecule has 1 aromatic carbocycles. The minimum Gasteiger partial charge on any atom is -0.487 e. The SMILES string of the molecule is CCCCCC[C@@H](C)Oc1c(N)cccc1Cl. The van der Waals surface area contributed by atoms with Gasteiger partial charge in [0, 0.05) is 0 Å². The monoisotopic (exact) mass is 255 g/mol. The summed E-state index contributed by atoms with van der Waals surface area (Å²) in [6, 6.07) is 5.44. The fraction of sp³-hybridized carbons (Fsp3) is 0.571. The Kier molecular flexibility index (Phi) is 6.20. The lowest BCUT2D eigenvalue weighted by Gasteiger charge is -2.17. The van der Waals surface area contributed by atoms with Gasteiger partial charge in [0.1, 0.15) is 0 Å². The molecule has 0 spiro atoms. The van der Waals surface area contributed by atoms with Gasteiger partial charge in [-0.1, -0.05) is 43.9 Å². The van der Waals surface area contributed by atoms with E-state index in [2.05, 4.69) is 13.8 Å². The standard InChI is InChI=1S/C14H22ClNO/c1-3-4-5-6-8-11(2)17-14-12(15)9-7-10-13(14)16/h7,9-11H,3-6,8,16H2,1-2H3/t11-/m1/s1. The molecule has 96 valence electrons. The highest BCUT2D eigenvalue weighted by Crippen LogP contribution is 2.31. The highest BCUT2D eigenvalue weighted by atomic mass is 35.5. The Hall–Kier alpha value is -0.890. The van der Waals surface area contributed by atoms with Crippen molar-refractivity contribution in [3.8, 4) is 5.75 Å². The van der Waals surface area contributed by atoms with Crippen molar-refractivity contribution in [2.24, 2.45) is 0 Å². The maximum absolute atomic E-state index is 6.05. The van der Waals surface area contributed by atoms with Gasteiger partial charge < -0.3 is 10.5 Å². The van der Waals surface area contributed by atoms with Gasteiger partial charge >= 0.3 is 0 Å². The maximum atomic E-state index is 6.05. The van der Waals surface area contributed by atoms with Crippen molar-refractivity contribution in [1.82, 2.24) is 0 Å². The first kappa shape index (κ1) is 14.2. The van der Waals surface area contributed by atoms with Gasteiger partial charge in [-0.2, -0.15) is 0 Å². The quantitative estimate of drug-likeness (QED) is 0.568. The van der Waals surface area contributed by atoms with Crippen molar-refractivity contribution >= 4 is 17.3 Å². The summed E-state index contributed by atoms with van der Waals surface area (Å²) in [5, 5.41) is 0.588. The van der Waals surface area contributed by atoms with Crippen molar-refractivity contribution in [2.75, 3.05) is 5.73 Å². The van der Waals surface area contributed by atoms with Crippen LogP contribution in [-0.4, -0.2) is 6.10 Å². The number of anilines is 1. The molecule has 0 aliphatic heterocycles. The van der Waals surface area contributed by atoms with Crippen molar-refractivity contribution in [3.05, 3.63) is 23.2 Å². The lowest BCUT2D eigenvalue weighted by Crippen LogP contribution is -2.12. The Labute approximate surface area is 109 Å². The third-order valence-electron chi connectivity index (χ3n) is 2.78. The molecule has 3 heteroatoms. The maximum Gasteiger partial charge on any atom is 0.161 e. The lowest BCUT2D eigenvalue weighted by molar-refractivity contribution is 0.208. The first-order valence-corrected chi connectivity index (χ1v) is 6.73. The molecule has 0 saturated heterocycles. The van der Waals surface area contributed by atoms with E-state index in [1.165, 1.54) is 25.7 Å². The number of rotatable bonds is 7. The zero-order valence-corrected chi connectivity index (χ0v) is 11.5. The first-order chi connectivity index (χ1) is 8.15. The van der Waals surface area contributed by atoms with Gasteiger partial charge in [-0.05, 0) is 31.9 Å². The van der Waals surface area contributed by atoms with E-state index in [4.69, 9.17) is 22.1 Å². The summed E-state index contributed by atoms with van der Waals surface area (Å²) in [5.74, 6) is 0.622. The number of hydrogen-bond acceptors (Lipinski definition) is 2. The summed E-state index contributed by atoms with van der Waals surface area (Å²) < 4.78 is 5.80. The molecule has 17 heavy (non-hydrogen) atoms. The Morgan fingerprint density at radius 2 is 2.06 bits per heavy atom. The van der Waals surface area contributed by atoms with E-state index < -0.39 is 0 Å². The number of ether oxygens (including phenoxy) is 1. The van der Waals surface area contributed by atoms with Gasteiger partial charge in [0.2, 0.25) is 0 Å². The molecule has 2 N–H and O–H groups in total. The normalized spacial score (nSPS) is 12.4. The van der Waals surface area contributed by atoms with Gasteiger partial charge in [0.05, 0.1) is 16.8 Å². The van der Waals surface area contributed by atoms with Gasteiger partial charge in [-0.3, -0.25) is 0 Å². The van der Waals surface area contributed by atoms with Gasteiger partial charge in [0.25, 0.3) is 0 Å². The summed E-state index contributed by atoms with van der Waals surface area (Å²) in [6.45, 7) is 4.28. The number of para-hydroxylation sites is 1. The van der Waals surface area contributed by atoms with E-state index in [0.717, 1.165) is 6.42 Å². The second-order valence-corrected chi connectivity index (χ2v) is 4.84. The molecule has 0 unspecified atom stereocenters. The zero-order valence-electron chi connectivity index (χ0n) is 10.7. The summed E-state index contributed by atoms with van der Waals surface area (Å²) in [4.78, 5) is 0. The molecule has 0 aromatic heterocycles. The molecule has 1 atom stereocenters. The fourth-order valence-electron chi connectivity index (χ4n) is 1.77. The van der Waals surface area contributed by atoms with Crippen molar-refractivity contribution < 1.29 is 4.74 Å². The van der Waals surface area contributed by atoms with E-state index in [-0.39, 0.29) is 6.10 Å². The zero-order chi connectivity index (χ0) is 12.7. The minimum absolute atomic E-state index is 0.161. The van der Waals surface area contributed by atoms with Gasteiger partial charge in [-0.15, -0.1) is 0 Å². The van der Waals surface area contributed by atoms with Crippen molar-refractivity contribution in [3.63, 3.8) is 0 Å². The summed E-state index contributed by atoms with van der Waals surface area (Å²) >= 11 is 6.05. The molecule has 0 bridgehead atoms. The molecule has 2 nitrogen and oxygen atoms in total. The van der Waals surface area contributed by atoms with Crippen molar-refractivity contribution in [2.45, 2.75) is 52.1 Å². The molecular formula is C14H22ClNO. The van der Waals surface area contributed by atoms with Crippen LogP contribution < -0.4 is 10.5 Å². The molecule has 0 radical (unpaired) electrons. The van der Waals surface area contributed by atoms with E-state index in [0.29, 0.717) is 16.5 Å². The third kappa shape index (κ3) is 4.86. The van der Waals surface area contributed by atoms with E-state index in [1.807, 2.05) is 12.1 Å². The lowest BCUT2D eigenvalue weighted by atomic mass is 10.1. The number of halogens is 1. The van der Waals surface area contributed by atoms with E-state index >= 15 is 0 Å². The molecule has 1 aromatic rings. The molecule has 0 fully saturated rings. The molecule has 0 aliphatic carbocycles. The number of unbranched alkanes of at least 4 members (excludes halogenated alkanes) is 3. The number of benzene rings is 1. The van der Waals surface area contributed by atoms with E-state index in [1.54, 1.807) is 6.07 Å². The molecule has 1 rings (SSSR count). The highest BCUT2D eigenvalue weighted by molar-refractivity contribution is 6.32. The smallest absolute Gasteiger partial charge is 0.161 e. The van der Waals surface area contributed by atoms with Crippen LogP contribution in [0, 0.1) is 0 Å². The van der Waals surface area contributed by atoms with Crippen LogP contribution in [-0.2, 0) is 0 Å². The predicted octanol–water partition coefficient (Wildman–Crippen LogP) is 4.66. The molecule has 0 amide bonds. The number of hydrogen-bond donors (Lipinski definition) is 1. The fourth-order valence-corrected chi connectivity index (χ4v) is 1.99. The van der Waals surface area contributed by atoms with Gasteiger partial charge in [-0.25, -0.2) is 0 Å². The van der Waals surface area contributed by atoms with Crippen molar-refractivity contribution in [1.29, 1.82) is 0 Å². The molecular weight excluding hydrogens is 234 g/mol. The second-order valence-electron chi connectivity index (χ2n) is 4.44. The summed E-state index contributed by atoms with van der Waals surface area (Å²) in [7, 11) is 0. The summed E-state index contributed by atoms with van der Waals surface area (Å²) in [6.07, 6.45) is 6.22. The van der Waals surface area contributed by atoms with Gasteiger partial charge in [0.15, 0.2) is 5.75 Å². The molecule has 0 aliphatic rings. The minimum atomic E-state index is 0.161. The highest BCUT2D eigenvalue weighted by Gasteiger charge is 2.10. The van der Waals surface area contributed by atoms with Crippen LogP contribution in [0.25, 0.3) is 0 Å². The molecule has 0 heterocycles. The number of nitrogens with two attached hydrogens (primary N) is 1. The van der Waals surface area contributed by atoms with Crippen LogP contribution in [0.15, 0.2) is 18.2 Å². The second kappa shape index (κ2) is 7.44. The van der Waals surface area contributed by atoms with Crippen LogP contribution in [0.4, 0.5) is 5.69 Å². The van der Waals surface area contributed by atoms with E-state index in [9.17, 15) is 0 Å². The third-order valence-corrected chi connectivity index (χ3v) is 3.08.